The van der Waals surface area contributed by atoms with Gasteiger partial charge in [0, 0.05) is 12.2 Å². The van der Waals surface area contributed by atoms with Crippen molar-refractivity contribution in [3.8, 4) is 0 Å². The van der Waals surface area contributed by atoms with E-state index in [2.05, 4.69) is 24.5 Å². The molecule has 0 bridgehead atoms. The Morgan fingerprint density at radius 3 is 2.68 bits per heavy atom. The minimum atomic E-state index is -3.70. The first-order valence-corrected chi connectivity index (χ1v) is 9.50. The molecule has 0 radical (unpaired) electrons. The molecular formula is C15H25N3O2S2. The van der Waals surface area contributed by atoms with Crippen LogP contribution in [0.15, 0.2) is 29.2 Å². The molecule has 0 aliphatic heterocycles. The second kappa shape index (κ2) is 9.07. The number of rotatable bonds is 8. The van der Waals surface area contributed by atoms with Crippen molar-refractivity contribution in [3.63, 3.8) is 0 Å². The van der Waals surface area contributed by atoms with Gasteiger partial charge < -0.3 is 10.6 Å². The van der Waals surface area contributed by atoms with Gasteiger partial charge in [0.05, 0.1) is 4.90 Å². The largest absolute Gasteiger partial charge is 0.362 e. The molecule has 22 heavy (non-hydrogen) atoms. The highest BCUT2D eigenvalue weighted by atomic mass is 32.2. The number of hydrogen-bond donors (Lipinski definition) is 3. The molecule has 0 amide bonds. The average molecular weight is 344 g/mol. The van der Waals surface area contributed by atoms with Gasteiger partial charge in [-0.15, -0.1) is 0 Å². The molecule has 1 aromatic rings. The van der Waals surface area contributed by atoms with E-state index < -0.39 is 10.0 Å². The van der Waals surface area contributed by atoms with Crippen LogP contribution in [0.5, 0.6) is 0 Å². The molecule has 0 aliphatic rings. The second-order valence-corrected chi connectivity index (χ2v) is 7.29. The third-order valence-electron chi connectivity index (χ3n) is 3.52. The van der Waals surface area contributed by atoms with Crippen LogP contribution in [-0.2, 0) is 10.0 Å². The molecule has 0 spiro atoms. The summed E-state index contributed by atoms with van der Waals surface area (Å²) in [5, 5.41) is 11.8. The van der Waals surface area contributed by atoms with Gasteiger partial charge in [0.15, 0.2) is 5.11 Å². The molecule has 4 N–H and O–H groups in total. The Bertz CT molecular complexity index is 588. The van der Waals surface area contributed by atoms with Crippen LogP contribution in [0.2, 0.25) is 0 Å². The Labute approximate surface area is 138 Å². The molecule has 1 aromatic carbocycles. The third kappa shape index (κ3) is 6.72. The lowest BCUT2D eigenvalue weighted by Crippen LogP contribution is -2.32. The van der Waals surface area contributed by atoms with Crippen LogP contribution in [0.25, 0.3) is 0 Å². The van der Waals surface area contributed by atoms with Gasteiger partial charge in [-0.25, -0.2) is 13.6 Å². The van der Waals surface area contributed by atoms with Crippen molar-refractivity contribution < 1.29 is 8.42 Å². The molecule has 0 fully saturated rings. The number of unbranched alkanes of at least 4 members (excludes halogenated alkanes) is 1. The van der Waals surface area contributed by atoms with E-state index in [0.717, 1.165) is 13.0 Å². The monoisotopic (exact) mass is 343 g/mol. The number of benzene rings is 1. The fourth-order valence-electron chi connectivity index (χ4n) is 2.11. The number of anilines is 1. The normalized spacial score (nSPS) is 12.7. The van der Waals surface area contributed by atoms with Crippen molar-refractivity contribution >= 4 is 33.0 Å². The molecule has 0 heterocycles. The fourth-order valence-corrected chi connectivity index (χ4v) is 2.87. The van der Waals surface area contributed by atoms with Gasteiger partial charge in [-0.1, -0.05) is 39.2 Å². The summed E-state index contributed by atoms with van der Waals surface area (Å²) >= 11 is 5.25. The van der Waals surface area contributed by atoms with Gasteiger partial charge in [0.25, 0.3) is 0 Å². The van der Waals surface area contributed by atoms with E-state index in [1.54, 1.807) is 12.1 Å². The van der Waals surface area contributed by atoms with Gasteiger partial charge in [0.2, 0.25) is 10.0 Å². The maximum absolute atomic E-state index is 11.3. The van der Waals surface area contributed by atoms with E-state index in [9.17, 15) is 8.42 Å². The summed E-state index contributed by atoms with van der Waals surface area (Å²) in [6, 6.07) is 6.30. The molecule has 124 valence electrons. The molecule has 0 saturated carbocycles. The zero-order valence-electron chi connectivity index (χ0n) is 13.1. The molecule has 0 saturated heterocycles. The second-order valence-electron chi connectivity index (χ2n) is 5.32. The predicted octanol–water partition coefficient (Wildman–Crippen LogP) is 2.84. The molecule has 1 atom stereocenters. The highest BCUT2D eigenvalue weighted by molar-refractivity contribution is 7.89. The highest BCUT2D eigenvalue weighted by Gasteiger charge is 2.09. The summed E-state index contributed by atoms with van der Waals surface area (Å²) in [6.45, 7) is 5.18. The number of sulfonamides is 1. The molecule has 0 aromatic heterocycles. The van der Waals surface area contributed by atoms with E-state index in [1.807, 2.05) is 0 Å². The lowest BCUT2D eigenvalue weighted by molar-refractivity contribution is 0.446. The highest BCUT2D eigenvalue weighted by Crippen LogP contribution is 2.14. The number of primary sulfonamides is 1. The lowest BCUT2D eigenvalue weighted by Gasteiger charge is -2.17. The van der Waals surface area contributed by atoms with Gasteiger partial charge in [-0.3, -0.25) is 0 Å². The maximum atomic E-state index is 11.3. The average Bonchev–Trinajstić information content (AvgIpc) is 2.47. The van der Waals surface area contributed by atoms with Crippen LogP contribution in [0.1, 0.15) is 39.5 Å². The first kappa shape index (κ1) is 18.9. The van der Waals surface area contributed by atoms with E-state index in [1.165, 1.54) is 31.4 Å². The maximum Gasteiger partial charge on any atom is 0.238 e. The summed E-state index contributed by atoms with van der Waals surface area (Å²) < 4.78 is 22.7. The molecule has 0 unspecified atom stereocenters. The lowest BCUT2D eigenvalue weighted by atomic mass is 9.99. The van der Waals surface area contributed by atoms with Crippen LogP contribution in [0, 0.1) is 5.92 Å². The first-order chi connectivity index (χ1) is 10.4. The van der Waals surface area contributed by atoms with Crippen LogP contribution in [0.3, 0.4) is 0 Å². The SMILES string of the molecule is CCCC[C@@H](CC)CNC(=S)Nc1cccc(S(N)(=O)=O)c1. The van der Waals surface area contributed by atoms with Crippen LogP contribution < -0.4 is 15.8 Å². The Morgan fingerprint density at radius 2 is 2.09 bits per heavy atom. The molecule has 5 nitrogen and oxygen atoms in total. The van der Waals surface area contributed by atoms with Crippen molar-refractivity contribution in [1.29, 1.82) is 0 Å². The minimum absolute atomic E-state index is 0.0645. The van der Waals surface area contributed by atoms with E-state index in [-0.39, 0.29) is 4.90 Å². The van der Waals surface area contributed by atoms with E-state index in [0.29, 0.717) is 16.7 Å². The summed E-state index contributed by atoms with van der Waals surface area (Å²) in [6.07, 6.45) is 4.70. The van der Waals surface area contributed by atoms with Crippen molar-refractivity contribution in [2.75, 3.05) is 11.9 Å². The van der Waals surface area contributed by atoms with Crippen molar-refractivity contribution in [1.82, 2.24) is 5.32 Å². The molecule has 7 heteroatoms. The van der Waals surface area contributed by atoms with E-state index >= 15 is 0 Å². The van der Waals surface area contributed by atoms with E-state index in [4.69, 9.17) is 17.4 Å². The van der Waals surface area contributed by atoms with Crippen LogP contribution in [-0.4, -0.2) is 20.1 Å². The Morgan fingerprint density at radius 1 is 1.36 bits per heavy atom. The number of nitrogens with two attached hydrogens (primary N) is 1. The fraction of sp³-hybridized carbons (Fsp3) is 0.533. The van der Waals surface area contributed by atoms with Crippen molar-refractivity contribution in [2.24, 2.45) is 11.1 Å². The number of thiocarbonyl (C=S) groups is 1. The standard InChI is InChI=1S/C15H25N3O2S2/c1-3-5-7-12(4-2)11-17-15(21)18-13-8-6-9-14(10-13)22(16,19)20/h6,8-10,12H,3-5,7,11H2,1-2H3,(H2,16,19,20)(H2,17,18,21)/t12-/m1/s1. The summed E-state index contributed by atoms with van der Waals surface area (Å²) in [5.74, 6) is 0.593. The van der Waals surface area contributed by atoms with Crippen molar-refractivity contribution in [3.05, 3.63) is 24.3 Å². The Hall–Kier alpha value is -1.18. The summed E-state index contributed by atoms with van der Waals surface area (Å²) in [7, 11) is -3.70. The first-order valence-electron chi connectivity index (χ1n) is 7.54. The predicted molar refractivity (Wildman–Crippen MR) is 95.3 cm³/mol. The molecular weight excluding hydrogens is 318 g/mol. The minimum Gasteiger partial charge on any atom is -0.362 e. The summed E-state index contributed by atoms with van der Waals surface area (Å²) in [5.41, 5.74) is 0.602. The quantitative estimate of drug-likeness (QED) is 0.632. The smallest absolute Gasteiger partial charge is 0.238 e. The van der Waals surface area contributed by atoms with Gasteiger partial charge in [-0.05, 0) is 42.8 Å². The number of hydrogen-bond acceptors (Lipinski definition) is 3. The van der Waals surface area contributed by atoms with Gasteiger partial charge in [-0.2, -0.15) is 0 Å². The zero-order chi connectivity index (χ0) is 16.6. The van der Waals surface area contributed by atoms with Crippen molar-refractivity contribution in [2.45, 2.75) is 44.4 Å². The zero-order valence-corrected chi connectivity index (χ0v) is 14.8. The van der Waals surface area contributed by atoms with Crippen LogP contribution >= 0.6 is 12.2 Å². The number of nitrogens with one attached hydrogen (secondary N) is 2. The van der Waals surface area contributed by atoms with Gasteiger partial charge in [0.1, 0.15) is 0 Å². The summed E-state index contributed by atoms with van der Waals surface area (Å²) in [4.78, 5) is 0.0645. The third-order valence-corrected chi connectivity index (χ3v) is 4.67. The Balaban J connectivity index is 2.55. The van der Waals surface area contributed by atoms with Gasteiger partial charge >= 0.3 is 0 Å². The Kier molecular flexibility index (Phi) is 7.78. The molecule has 1 rings (SSSR count). The molecule has 0 aliphatic carbocycles. The topological polar surface area (TPSA) is 84.2 Å². The van der Waals surface area contributed by atoms with Crippen LogP contribution in [0.4, 0.5) is 5.69 Å².